The van der Waals surface area contributed by atoms with Gasteiger partial charge in [0, 0.05) is 17.0 Å². The van der Waals surface area contributed by atoms with E-state index in [0.717, 1.165) is 17.3 Å². The first-order chi connectivity index (χ1) is 11.9. The molecule has 0 N–H and O–H groups in total. The molecule has 132 valence electrons. The van der Waals surface area contributed by atoms with Gasteiger partial charge in [0.1, 0.15) is 5.82 Å². The van der Waals surface area contributed by atoms with Gasteiger partial charge in [0.25, 0.3) is 0 Å². The molecule has 25 heavy (non-hydrogen) atoms. The summed E-state index contributed by atoms with van der Waals surface area (Å²) in [6, 6.07) is 11.4. The van der Waals surface area contributed by atoms with Gasteiger partial charge in [-0.25, -0.2) is 12.8 Å². The Morgan fingerprint density at radius 2 is 2.00 bits per heavy atom. The molecule has 0 fully saturated rings. The van der Waals surface area contributed by atoms with Crippen molar-refractivity contribution in [2.75, 3.05) is 22.4 Å². The Balaban J connectivity index is 1.75. The number of fused-ring (bicyclic) bond motifs is 1. The molecular formula is C18H18FNO3S2. The van der Waals surface area contributed by atoms with E-state index in [1.54, 1.807) is 43.3 Å². The summed E-state index contributed by atoms with van der Waals surface area (Å²) in [5.41, 5.74) is 2.04. The summed E-state index contributed by atoms with van der Waals surface area (Å²) in [6.07, 6.45) is 0.593. The van der Waals surface area contributed by atoms with Crippen LogP contribution < -0.4 is 4.31 Å². The van der Waals surface area contributed by atoms with Crippen LogP contribution in [0.3, 0.4) is 0 Å². The van der Waals surface area contributed by atoms with Crippen LogP contribution in [0, 0.1) is 5.82 Å². The molecule has 0 radical (unpaired) electrons. The Hall–Kier alpha value is -1.86. The minimum Gasteiger partial charge on any atom is -0.293 e. The van der Waals surface area contributed by atoms with Crippen molar-refractivity contribution in [3.8, 4) is 0 Å². The zero-order valence-corrected chi connectivity index (χ0v) is 15.4. The Bertz CT molecular complexity index is 912. The normalized spacial score (nSPS) is 13.8. The van der Waals surface area contributed by atoms with E-state index < -0.39 is 10.0 Å². The minimum absolute atomic E-state index is 0.0480. The van der Waals surface area contributed by atoms with E-state index in [1.807, 2.05) is 0 Å². The molecule has 4 nitrogen and oxygen atoms in total. The fourth-order valence-electron chi connectivity index (χ4n) is 2.78. The SMILES string of the molecule is CCS(=O)(=O)N1CCc2cc(C(=O)CSc3ccccc3F)ccc21. The minimum atomic E-state index is -3.29. The molecule has 0 saturated carbocycles. The van der Waals surface area contributed by atoms with Crippen LogP contribution in [0.15, 0.2) is 47.4 Å². The summed E-state index contributed by atoms with van der Waals surface area (Å²) in [6.45, 7) is 2.03. The van der Waals surface area contributed by atoms with E-state index >= 15 is 0 Å². The number of nitrogens with zero attached hydrogens (tertiary/aromatic N) is 1. The molecule has 0 spiro atoms. The predicted octanol–water partition coefficient (Wildman–Crippen LogP) is 3.51. The van der Waals surface area contributed by atoms with Gasteiger partial charge in [0.05, 0.1) is 17.2 Å². The van der Waals surface area contributed by atoms with Crippen molar-refractivity contribution in [2.24, 2.45) is 0 Å². The van der Waals surface area contributed by atoms with Crippen molar-refractivity contribution >= 4 is 33.3 Å². The molecule has 1 aliphatic heterocycles. The third-order valence-electron chi connectivity index (χ3n) is 4.15. The maximum atomic E-state index is 13.6. The van der Waals surface area contributed by atoms with Gasteiger partial charge in [-0.05, 0) is 49.2 Å². The molecule has 0 unspecified atom stereocenters. The lowest BCUT2D eigenvalue weighted by molar-refractivity contribution is 0.102. The second-order valence-electron chi connectivity index (χ2n) is 5.71. The second-order valence-corrected chi connectivity index (χ2v) is 8.91. The summed E-state index contributed by atoms with van der Waals surface area (Å²) >= 11 is 1.16. The van der Waals surface area contributed by atoms with E-state index in [1.165, 1.54) is 10.4 Å². The van der Waals surface area contributed by atoms with Crippen molar-refractivity contribution in [1.29, 1.82) is 0 Å². The Morgan fingerprint density at radius 3 is 2.72 bits per heavy atom. The second kappa shape index (κ2) is 7.17. The lowest BCUT2D eigenvalue weighted by Gasteiger charge is -2.18. The van der Waals surface area contributed by atoms with Gasteiger partial charge in [-0.1, -0.05) is 12.1 Å². The summed E-state index contributed by atoms with van der Waals surface area (Å²) in [7, 11) is -3.29. The zero-order valence-electron chi connectivity index (χ0n) is 13.7. The smallest absolute Gasteiger partial charge is 0.234 e. The molecule has 0 saturated heterocycles. The predicted molar refractivity (Wildman–Crippen MR) is 98.4 cm³/mol. The summed E-state index contributed by atoms with van der Waals surface area (Å²) in [4.78, 5) is 12.8. The first-order valence-electron chi connectivity index (χ1n) is 7.96. The number of ketones is 1. The molecule has 7 heteroatoms. The fourth-order valence-corrected chi connectivity index (χ4v) is 4.77. The van der Waals surface area contributed by atoms with Gasteiger partial charge in [-0.3, -0.25) is 9.10 Å². The van der Waals surface area contributed by atoms with E-state index in [4.69, 9.17) is 0 Å². The monoisotopic (exact) mass is 379 g/mol. The number of thioether (sulfide) groups is 1. The van der Waals surface area contributed by atoms with Crippen LogP contribution in [-0.4, -0.2) is 32.3 Å². The number of Topliss-reactive ketones (excluding diaryl/α,β-unsaturated/α-hetero) is 1. The molecule has 2 aromatic rings. The zero-order chi connectivity index (χ0) is 18.0. The molecule has 1 heterocycles. The quantitative estimate of drug-likeness (QED) is 0.569. The molecule has 0 atom stereocenters. The van der Waals surface area contributed by atoms with Crippen molar-refractivity contribution in [3.63, 3.8) is 0 Å². The number of hydrogen-bond donors (Lipinski definition) is 0. The van der Waals surface area contributed by atoms with Gasteiger partial charge in [0.2, 0.25) is 10.0 Å². The van der Waals surface area contributed by atoms with Gasteiger partial charge >= 0.3 is 0 Å². The van der Waals surface area contributed by atoms with E-state index in [-0.39, 0.29) is 23.1 Å². The highest BCUT2D eigenvalue weighted by molar-refractivity contribution is 8.00. The molecule has 2 aromatic carbocycles. The third kappa shape index (κ3) is 3.72. The lowest BCUT2D eigenvalue weighted by atomic mass is 10.1. The van der Waals surface area contributed by atoms with Crippen LogP contribution in [0.1, 0.15) is 22.8 Å². The number of rotatable bonds is 6. The largest absolute Gasteiger partial charge is 0.293 e. The van der Waals surface area contributed by atoms with Crippen molar-refractivity contribution in [1.82, 2.24) is 0 Å². The van der Waals surface area contributed by atoms with Gasteiger partial charge in [0.15, 0.2) is 5.78 Å². The van der Waals surface area contributed by atoms with E-state index in [9.17, 15) is 17.6 Å². The molecule has 0 aliphatic carbocycles. The van der Waals surface area contributed by atoms with E-state index in [0.29, 0.717) is 29.1 Å². The highest BCUT2D eigenvalue weighted by Crippen LogP contribution is 2.32. The maximum absolute atomic E-state index is 13.6. The highest BCUT2D eigenvalue weighted by Gasteiger charge is 2.28. The first kappa shape index (κ1) is 17.9. The van der Waals surface area contributed by atoms with Crippen molar-refractivity contribution in [3.05, 3.63) is 59.4 Å². The molecular weight excluding hydrogens is 361 g/mol. The van der Waals surface area contributed by atoms with Crippen LogP contribution in [0.2, 0.25) is 0 Å². The van der Waals surface area contributed by atoms with Crippen LogP contribution in [0.5, 0.6) is 0 Å². The third-order valence-corrected chi connectivity index (χ3v) is 6.98. The van der Waals surface area contributed by atoms with Gasteiger partial charge in [-0.2, -0.15) is 0 Å². The molecule has 0 amide bonds. The standard InChI is InChI=1S/C18H18FNO3S2/c1-2-25(22,23)20-10-9-13-11-14(7-8-16(13)20)17(21)12-24-18-6-4-3-5-15(18)19/h3-8,11H,2,9-10,12H2,1H3. The highest BCUT2D eigenvalue weighted by atomic mass is 32.2. The molecule has 0 aromatic heterocycles. The average molecular weight is 379 g/mol. The summed E-state index contributed by atoms with van der Waals surface area (Å²) in [5, 5.41) is 0. The van der Waals surface area contributed by atoms with Gasteiger partial charge < -0.3 is 0 Å². The summed E-state index contributed by atoms with van der Waals surface area (Å²) in [5.74, 6) is -0.258. The number of halogens is 1. The van der Waals surface area contributed by atoms with Crippen molar-refractivity contribution < 1.29 is 17.6 Å². The van der Waals surface area contributed by atoms with Crippen LogP contribution in [-0.2, 0) is 16.4 Å². The average Bonchev–Trinajstić information content (AvgIpc) is 3.04. The summed E-state index contributed by atoms with van der Waals surface area (Å²) < 4.78 is 39.2. The lowest BCUT2D eigenvalue weighted by Crippen LogP contribution is -2.30. The first-order valence-corrected chi connectivity index (χ1v) is 10.6. The number of carbonyl (C=O) groups is 1. The molecule has 0 bridgehead atoms. The Labute approximate surface area is 151 Å². The number of hydrogen-bond acceptors (Lipinski definition) is 4. The number of sulfonamides is 1. The number of benzene rings is 2. The maximum Gasteiger partial charge on any atom is 0.234 e. The molecule has 3 rings (SSSR count). The Kier molecular flexibility index (Phi) is 5.15. The van der Waals surface area contributed by atoms with Crippen molar-refractivity contribution in [2.45, 2.75) is 18.2 Å². The number of anilines is 1. The van der Waals surface area contributed by atoms with E-state index in [2.05, 4.69) is 0 Å². The van der Waals surface area contributed by atoms with Gasteiger partial charge in [-0.15, -0.1) is 11.8 Å². The van der Waals surface area contributed by atoms with Crippen LogP contribution in [0.25, 0.3) is 0 Å². The Morgan fingerprint density at radius 1 is 1.24 bits per heavy atom. The fraction of sp³-hybridized carbons (Fsp3) is 0.278. The van der Waals surface area contributed by atoms with Crippen LogP contribution >= 0.6 is 11.8 Å². The number of carbonyl (C=O) groups excluding carboxylic acids is 1. The van der Waals surface area contributed by atoms with Crippen LogP contribution in [0.4, 0.5) is 10.1 Å². The molecule has 1 aliphatic rings. The topological polar surface area (TPSA) is 54.5 Å².